The number of fused-ring (bicyclic) bond motifs is 1. The Balaban J connectivity index is 1.91. The Morgan fingerprint density at radius 1 is 1.38 bits per heavy atom. The lowest BCUT2D eigenvalue weighted by Gasteiger charge is -2.08. The summed E-state index contributed by atoms with van der Waals surface area (Å²) in [6.45, 7) is 1.79. The van der Waals surface area contributed by atoms with Crippen LogP contribution in [0.15, 0.2) is 30.6 Å². The summed E-state index contributed by atoms with van der Waals surface area (Å²) in [4.78, 5) is 4.24. The van der Waals surface area contributed by atoms with Gasteiger partial charge in [0, 0.05) is 32.7 Å². The minimum absolute atomic E-state index is 0.830. The number of unbranched alkanes of at least 4 members (excludes halogenated alkanes) is 1. The van der Waals surface area contributed by atoms with Gasteiger partial charge in [-0.15, -0.1) is 0 Å². The van der Waals surface area contributed by atoms with Gasteiger partial charge in [-0.25, -0.2) is 4.98 Å². The van der Waals surface area contributed by atoms with Crippen LogP contribution in [0.3, 0.4) is 0 Å². The van der Waals surface area contributed by atoms with Crippen molar-refractivity contribution in [2.45, 2.75) is 12.8 Å². The fourth-order valence-electron chi connectivity index (χ4n) is 1.68. The van der Waals surface area contributed by atoms with Gasteiger partial charge in [0.25, 0.3) is 0 Å². The highest BCUT2D eigenvalue weighted by molar-refractivity contribution is 5.49. The lowest BCUT2D eigenvalue weighted by molar-refractivity contribution is 0.194. The molecular weight excluding hydrogens is 202 g/mol. The molecule has 0 radical (unpaired) electrons. The summed E-state index contributed by atoms with van der Waals surface area (Å²) in [7, 11) is 1.74. The minimum Gasteiger partial charge on any atom is -0.385 e. The van der Waals surface area contributed by atoms with Crippen LogP contribution in [0.1, 0.15) is 12.8 Å². The summed E-state index contributed by atoms with van der Waals surface area (Å²) >= 11 is 0. The number of aromatic nitrogens is 2. The molecular formula is C12H17N3O. The van der Waals surface area contributed by atoms with Crippen molar-refractivity contribution in [1.29, 1.82) is 0 Å². The standard InChI is InChI=1S/C12H17N3O/c1-16-10-3-2-7-13-11-5-4-6-12-14-8-9-15(11)12/h4-6,8-9,13H,2-3,7,10H2,1H3. The number of pyridine rings is 1. The molecule has 2 heterocycles. The number of imidazole rings is 1. The van der Waals surface area contributed by atoms with Crippen molar-refractivity contribution in [3.63, 3.8) is 0 Å². The molecule has 0 amide bonds. The summed E-state index contributed by atoms with van der Waals surface area (Å²) in [6.07, 6.45) is 5.97. The fraction of sp³-hybridized carbons (Fsp3) is 0.417. The number of hydrogen-bond acceptors (Lipinski definition) is 3. The molecule has 16 heavy (non-hydrogen) atoms. The molecule has 0 atom stereocenters. The second-order valence-electron chi connectivity index (χ2n) is 3.69. The normalized spacial score (nSPS) is 10.8. The van der Waals surface area contributed by atoms with E-state index >= 15 is 0 Å². The third kappa shape index (κ3) is 2.52. The SMILES string of the molecule is COCCCCNc1cccc2nccn12. The first-order valence-electron chi connectivity index (χ1n) is 5.57. The van der Waals surface area contributed by atoms with Crippen molar-refractivity contribution < 1.29 is 4.74 Å². The zero-order chi connectivity index (χ0) is 11.2. The smallest absolute Gasteiger partial charge is 0.138 e. The third-order valence-corrected chi connectivity index (χ3v) is 2.51. The molecule has 4 nitrogen and oxygen atoms in total. The van der Waals surface area contributed by atoms with Crippen molar-refractivity contribution in [3.8, 4) is 0 Å². The van der Waals surface area contributed by atoms with E-state index in [0.717, 1.165) is 37.5 Å². The van der Waals surface area contributed by atoms with Crippen LogP contribution in [-0.4, -0.2) is 29.6 Å². The van der Waals surface area contributed by atoms with Crippen LogP contribution in [0.4, 0.5) is 5.82 Å². The maximum Gasteiger partial charge on any atom is 0.138 e. The maximum atomic E-state index is 5.01. The van der Waals surface area contributed by atoms with E-state index in [1.54, 1.807) is 7.11 Å². The largest absolute Gasteiger partial charge is 0.385 e. The maximum absolute atomic E-state index is 5.01. The van der Waals surface area contributed by atoms with E-state index < -0.39 is 0 Å². The molecule has 0 fully saturated rings. The van der Waals surface area contributed by atoms with E-state index in [1.807, 2.05) is 24.5 Å². The Morgan fingerprint density at radius 3 is 3.19 bits per heavy atom. The first-order valence-corrected chi connectivity index (χ1v) is 5.57. The lowest BCUT2D eigenvalue weighted by Crippen LogP contribution is -2.06. The van der Waals surface area contributed by atoms with E-state index in [9.17, 15) is 0 Å². The number of ether oxygens (including phenoxy) is 1. The molecule has 1 N–H and O–H groups in total. The second-order valence-corrected chi connectivity index (χ2v) is 3.69. The topological polar surface area (TPSA) is 38.6 Å². The molecule has 2 rings (SSSR count). The number of methoxy groups -OCH3 is 1. The molecule has 0 unspecified atom stereocenters. The summed E-state index contributed by atoms with van der Waals surface area (Å²) in [5.74, 6) is 1.09. The number of nitrogens with one attached hydrogen (secondary N) is 1. The first-order chi connectivity index (χ1) is 7.92. The lowest BCUT2D eigenvalue weighted by atomic mass is 10.3. The third-order valence-electron chi connectivity index (χ3n) is 2.51. The van der Waals surface area contributed by atoms with Gasteiger partial charge < -0.3 is 10.1 Å². The molecule has 86 valence electrons. The van der Waals surface area contributed by atoms with Crippen molar-refractivity contribution in [2.24, 2.45) is 0 Å². The van der Waals surface area contributed by atoms with Crippen LogP contribution in [0.5, 0.6) is 0 Å². The predicted molar refractivity (Wildman–Crippen MR) is 64.8 cm³/mol. The summed E-state index contributed by atoms with van der Waals surface area (Å²) in [6, 6.07) is 6.07. The van der Waals surface area contributed by atoms with Crippen molar-refractivity contribution in [1.82, 2.24) is 9.38 Å². The minimum atomic E-state index is 0.830. The Morgan fingerprint density at radius 2 is 2.31 bits per heavy atom. The van der Waals surface area contributed by atoms with E-state index in [4.69, 9.17) is 4.74 Å². The van der Waals surface area contributed by atoms with E-state index in [1.165, 1.54) is 0 Å². The van der Waals surface area contributed by atoms with E-state index in [-0.39, 0.29) is 0 Å². The first kappa shape index (κ1) is 11.0. The molecule has 0 saturated heterocycles. The van der Waals surface area contributed by atoms with Gasteiger partial charge in [-0.3, -0.25) is 4.40 Å². The molecule has 0 bridgehead atoms. The summed E-state index contributed by atoms with van der Waals surface area (Å²) in [5.41, 5.74) is 0.974. The van der Waals surface area contributed by atoms with Gasteiger partial charge in [-0.1, -0.05) is 6.07 Å². The van der Waals surface area contributed by atoms with Crippen LogP contribution < -0.4 is 5.32 Å². The number of rotatable bonds is 6. The van der Waals surface area contributed by atoms with Gasteiger partial charge in [0.15, 0.2) is 0 Å². The van der Waals surface area contributed by atoms with Crippen LogP contribution in [0.25, 0.3) is 5.65 Å². The molecule has 0 aliphatic rings. The highest BCUT2D eigenvalue weighted by atomic mass is 16.5. The monoisotopic (exact) mass is 219 g/mol. The molecule has 0 saturated carbocycles. The molecule has 0 aliphatic carbocycles. The van der Waals surface area contributed by atoms with Crippen LogP contribution >= 0.6 is 0 Å². The average Bonchev–Trinajstić information content (AvgIpc) is 2.77. The predicted octanol–water partition coefficient (Wildman–Crippen LogP) is 2.17. The molecule has 0 aliphatic heterocycles. The number of anilines is 1. The van der Waals surface area contributed by atoms with Crippen molar-refractivity contribution >= 4 is 11.5 Å². The van der Waals surface area contributed by atoms with Gasteiger partial charge in [0.05, 0.1) is 0 Å². The summed E-state index contributed by atoms with van der Waals surface area (Å²) < 4.78 is 7.06. The zero-order valence-corrected chi connectivity index (χ0v) is 9.52. The van der Waals surface area contributed by atoms with Crippen LogP contribution in [0, 0.1) is 0 Å². The van der Waals surface area contributed by atoms with Gasteiger partial charge >= 0.3 is 0 Å². The fourth-order valence-corrected chi connectivity index (χ4v) is 1.68. The van der Waals surface area contributed by atoms with Crippen molar-refractivity contribution in [2.75, 3.05) is 25.6 Å². The Labute approximate surface area is 95.3 Å². The molecule has 2 aromatic heterocycles. The Hall–Kier alpha value is -1.55. The van der Waals surface area contributed by atoms with E-state index in [0.29, 0.717) is 0 Å². The van der Waals surface area contributed by atoms with Gasteiger partial charge in [-0.05, 0) is 25.0 Å². The Bertz CT molecular complexity index is 439. The Kier molecular flexibility index (Phi) is 3.77. The van der Waals surface area contributed by atoms with Crippen LogP contribution in [0.2, 0.25) is 0 Å². The van der Waals surface area contributed by atoms with Gasteiger partial charge in [-0.2, -0.15) is 0 Å². The van der Waals surface area contributed by atoms with Gasteiger partial charge in [0.2, 0.25) is 0 Å². The second kappa shape index (κ2) is 5.51. The number of nitrogens with zero attached hydrogens (tertiary/aromatic N) is 2. The average molecular weight is 219 g/mol. The van der Waals surface area contributed by atoms with Crippen LogP contribution in [-0.2, 0) is 4.74 Å². The quantitative estimate of drug-likeness (QED) is 0.757. The molecule has 2 aromatic rings. The molecule has 4 heteroatoms. The van der Waals surface area contributed by atoms with Gasteiger partial charge in [0.1, 0.15) is 11.5 Å². The number of hydrogen-bond donors (Lipinski definition) is 1. The molecule has 0 spiro atoms. The zero-order valence-electron chi connectivity index (χ0n) is 9.52. The summed E-state index contributed by atoms with van der Waals surface area (Å²) in [5, 5.41) is 3.40. The molecule has 0 aromatic carbocycles. The van der Waals surface area contributed by atoms with Crippen molar-refractivity contribution in [3.05, 3.63) is 30.6 Å². The highest BCUT2D eigenvalue weighted by Crippen LogP contribution is 2.10. The highest BCUT2D eigenvalue weighted by Gasteiger charge is 1.98. The van der Waals surface area contributed by atoms with E-state index in [2.05, 4.69) is 20.8 Å².